The lowest BCUT2D eigenvalue weighted by Gasteiger charge is -2.39. The molecule has 1 saturated carbocycles. The zero-order chi connectivity index (χ0) is 12.9. The Kier molecular flexibility index (Phi) is 5.40. The molecule has 0 amide bonds. The number of rotatable bonds is 6. The van der Waals surface area contributed by atoms with E-state index in [9.17, 15) is 9.90 Å². The number of ether oxygens (including phenoxy) is 1. The summed E-state index contributed by atoms with van der Waals surface area (Å²) in [5.74, 6) is 0.0743. The van der Waals surface area contributed by atoms with Crippen LogP contribution in [0.3, 0.4) is 0 Å². The number of hydrogen-bond donors (Lipinski definition) is 2. The molecule has 2 unspecified atom stereocenters. The van der Waals surface area contributed by atoms with Crippen molar-refractivity contribution < 1.29 is 19.7 Å². The third-order valence-corrected chi connectivity index (χ3v) is 3.76. The first-order valence-corrected chi connectivity index (χ1v) is 6.50. The summed E-state index contributed by atoms with van der Waals surface area (Å²) in [6, 6.07) is 0. The first-order valence-electron chi connectivity index (χ1n) is 6.50. The van der Waals surface area contributed by atoms with Gasteiger partial charge in [0.25, 0.3) is 0 Å². The lowest BCUT2D eigenvalue weighted by Crippen LogP contribution is -2.46. The van der Waals surface area contributed by atoms with Crippen LogP contribution >= 0.6 is 0 Å². The molecule has 4 nitrogen and oxygen atoms in total. The summed E-state index contributed by atoms with van der Waals surface area (Å²) >= 11 is 0. The van der Waals surface area contributed by atoms with Crippen molar-refractivity contribution in [1.82, 2.24) is 0 Å². The Hall–Kier alpha value is -0.610. The fourth-order valence-electron chi connectivity index (χ4n) is 2.57. The second-order valence-corrected chi connectivity index (χ2v) is 5.33. The lowest BCUT2D eigenvalue weighted by molar-refractivity contribution is -0.174. The van der Waals surface area contributed by atoms with Crippen LogP contribution in [-0.4, -0.2) is 35.0 Å². The van der Waals surface area contributed by atoms with Crippen LogP contribution in [-0.2, 0) is 9.53 Å². The van der Waals surface area contributed by atoms with Crippen molar-refractivity contribution in [2.24, 2.45) is 11.8 Å². The maximum atomic E-state index is 11.5. The van der Waals surface area contributed by atoms with E-state index in [1.54, 1.807) is 0 Å². The molecule has 17 heavy (non-hydrogen) atoms. The fourth-order valence-corrected chi connectivity index (χ4v) is 2.57. The number of aliphatic hydroxyl groups is 1. The zero-order valence-corrected chi connectivity index (χ0v) is 10.8. The average Bonchev–Trinajstić information content (AvgIpc) is 2.29. The molecule has 4 heteroatoms. The van der Waals surface area contributed by atoms with E-state index in [0.29, 0.717) is 37.7 Å². The molecular formula is C13H24O4. The van der Waals surface area contributed by atoms with E-state index in [-0.39, 0.29) is 6.61 Å². The molecular weight excluding hydrogens is 220 g/mol. The smallest absolute Gasteiger partial charge is 0.335 e. The molecule has 0 aromatic heterocycles. The van der Waals surface area contributed by atoms with E-state index >= 15 is 0 Å². The van der Waals surface area contributed by atoms with E-state index in [0.717, 1.165) is 12.8 Å². The van der Waals surface area contributed by atoms with Crippen molar-refractivity contribution in [1.29, 1.82) is 0 Å². The highest BCUT2D eigenvalue weighted by Crippen LogP contribution is 2.39. The molecule has 0 aliphatic heterocycles. The summed E-state index contributed by atoms with van der Waals surface area (Å²) in [5, 5.41) is 18.1. The standard InChI is InChI=1S/C13H24O4/c1-10(2)11-5-3-6-13(9-11,12(15)16)17-8-4-7-14/h10-11,14H,3-9H2,1-2H3,(H,15,16). The summed E-state index contributed by atoms with van der Waals surface area (Å²) in [7, 11) is 0. The highest BCUT2D eigenvalue weighted by Gasteiger charge is 2.44. The third kappa shape index (κ3) is 3.68. The summed E-state index contributed by atoms with van der Waals surface area (Å²) < 4.78 is 5.59. The molecule has 100 valence electrons. The van der Waals surface area contributed by atoms with Gasteiger partial charge in [0.2, 0.25) is 0 Å². The summed E-state index contributed by atoms with van der Waals surface area (Å²) in [5.41, 5.74) is -1.01. The number of aliphatic carboxylic acids is 1. The lowest BCUT2D eigenvalue weighted by atomic mass is 9.73. The molecule has 0 aromatic carbocycles. The van der Waals surface area contributed by atoms with Gasteiger partial charge in [0.05, 0.1) is 6.61 Å². The summed E-state index contributed by atoms with van der Waals surface area (Å²) in [4.78, 5) is 11.5. The SMILES string of the molecule is CC(C)C1CCCC(OCCCO)(C(=O)O)C1. The Balaban J connectivity index is 2.66. The van der Waals surface area contributed by atoms with Gasteiger partial charge in [0.1, 0.15) is 0 Å². The highest BCUT2D eigenvalue weighted by atomic mass is 16.5. The molecule has 0 saturated heterocycles. The summed E-state index contributed by atoms with van der Waals surface area (Å²) in [6.07, 6.45) is 3.70. The molecule has 2 N–H and O–H groups in total. The van der Waals surface area contributed by atoms with Crippen LogP contribution in [0.1, 0.15) is 46.0 Å². The minimum absolute atomic E-state index is 0.0449. The first-order chi connectivity index (χ1) is 8.02. The quantitative estimate of drug-likeness (QED) is 0.702. The van der Waals surface area contributed by atoms with Gasteiger partial charge in [-0.05, 0) is 43.9 Å². The Bertz CT molecular complexity index is 252. The van der Waals surface area contributed by atoms with Gasteiger partial charge >= 0.3 is 5.97 Å². The van der Waals surface area contributed by atoms with Gasteiger partial charge in [-0.15, -0.1) is 0 Å². The van der Waals surface area contributed by atoms with E-state index in [4.69, 9.17) is 9.84 Å². The second-order valence-electron chi connectivity index (χ2n) is 5.33. The van der Waals surface area contributed by atoms with Gasteiger partial charge in [0, 0.05) is 6.61 Å². The minimum atomic E-state index is -1.01. The molecule has 0 aromatic rings. The molecule has 1 rings (SSSR count). The number of aliphatic hydroxyl groups excluding tert-OH is 1. The predicted molar refractivity (Wildman–Crippen MR) is 64.8 cm³/mol. The van der Waals surface area contributed by atoms with Gasteiger partial charge < -0.3 is 14.9 Å². The van der Waals surface area contributed by atoms with E-state index < -0.39 is 11.6 Å². The monoisotopic (exact) mass is 244 g/mol. The van der Waals surface area contributed by atoms with Gasteiger partial charge in [-0.25, -0.2) is 4.79 Å². The van der Waals surface area contributed by atoms with E-state index in [1.807, 2.05) is 0 Å². The Morgan fingerprint density at radius 2 is 2.24 bits per heavy atom. The highest BCUT2D eigenvalue weighted by molar-refractivity contribution is 5.77. The van der Waals surface area contributed by atoms with Gasteiger partial charge in [-0.1, -0.05) is 13.8 Å². The fraction of sp³-hybridized carbons (Fsp3) is 0.923. The largest absolute Gasteiger partial charge is 0.479 e. The van der Waals surface area contributed by atoms with Crippen LogP contribution < -0.4 is 0 Å². The van der Waals surface area contributed by atoms with Gasteiger partial charge in [-0.2, -0.15) is 0 Å². The van der Waals surface area contributed by atoms with Crippen LogP contribution in [0.25, 0.3) is 0 Å². The zero-order valence-electron chi connectivity index (χ0n) is 10.8. The number of carbonyl (C=O) groups is 1. The topological polar surface area (TPSA) is 66.8 Å². The van der Waals surface area contributed by atoms with Gasteiger partial charge in [-0.3, -0.25) is 0 Å². The second kappa shape index (κ2) is 6.36. The third-order valence-electron chi connectivity index (χ3n) is 3.76. The maximum Gasteiger partial charge on any atom is 0.335 e. The number of hydrogen-bond acceptors (Lipinski definition) is 3. The Morgan fingerprint density at radius 1 is 1.53 bits per heavy atom. The molecule has 0 heterocycles. The molecule has 2 atom stereocenters. The van der Waals surface area contributed by atoms with Crippen molar-refractivity contribution in [2.75, 3.05) is 13.2 Å². The van der Waals surface area contributed by atoms with Crippen LogP contribution in [0.2, 0.25) is 0 Å². The number of carboxylic acids is 1. The van der Waals surface area contributed by atoms with Crippen molar-refractivity contribution in [2.45, 2.75) is 51.6 Å². The Labute approximate surface area is 103 Å². The molecule has 0 bridgehead atoms. The van der Waals surface area contributed by atoms with E-state index in [1.165, 1.54) is 0 Å². The minimum Gasteiger partial charge on any atom is -0.479 e. The molecule has 1 aliphatic rings. The van der Waals surface area contributed by atoms with Crippen molar-refractivity contribution >= 4 is 5.97 Å². The number of carboxylic acid groups (broad SMARTS) is 1. The van der Waals surface area contributed by atoms with Crippen LogP contribution in [0.4, 0.5) is 0 Å². The van der Waals surface area contributed by atoms with Crippen molar-refractivity contribution in [3.05, 3.63) is 0 Å². The van der Waals surface area contributed by atoms with Crippen LogP contribution in [0.15, 0.2) is 0 Å². The normalized spacial score (nSPS) is 29.5. The Morgan fingerprint density at radius 3 is 2.76 bits per heavy atom. The van der Waals surface area contributed by atoms with Gasteiger partial charge in [0.15, 0.2) is 5.60 Å². The first kappa shape index (κ1) is 14.5. The molecule has 0 spiro atoms. The maximum absolute atomic E-state index is 11.5. The molecule has 1 aliphatic carbocycles. The molecule has 1 fully saturated rings. The van der Waals surface area contributed by atoms with Crippen molar-refractivity contribution in [3.8, 4) is 0 Å². The van der Waals surface area contributed by atoms with Crippen LogP contribution in [0, 0.1) is 11.8 Å². The molecule has 0 radical (unpaired) electrons. The summed E-state index contributed by atoms with van der Waals surface area (Å²) in [6.45, 7) is 4.64. The van der Waals surface area contributed by atoms with Crippen LogP contribution in [0.5, 0.6) is 0 Å². The average molecular weight is 244 g/mol. The van der Waals surface area contributed by atoms with Crippen molar-refractivity contribution in [3.63, 3.8) is 0 Å². The van der Waals surface area contributed by atoms with E-state index in [2.05, 4.69) is 13.8 Å². The predicted octanol–water partition coefficient (Wildman–Crippen LogP) is 2.05.